The molecule has 1 saturated heterocycles. The van der Waals surface area contributed by atoms with Gasteiger partial charge in [-0.25, -0.2) is 14.6 Å². The van der Waals surface area contributed by atoms with Crippen LogP contribution in [-0.2, 0) is 9.57 Å². The molecule has 2 rings (SSSR count). The van der Waals surface area contributed by atoms with Gasteiger partial charge in [-0.05, 0) is 36.3 Å². The Morgan fingerprint density at radius 2 is 2.14 bits per heavy atom. The third-order valence-electron chi connectivity index (χ3n) is 2.99. The van der Waals surface area contributed by atoms with E-state index in [1.165, 1.54) is 29.3 Å². The Morgan fingerprint density at radius 3 is 2.82 bits per heavy atom. The van der Waals surface area contributed by atoms with E-state index in [1.807, 2.05) is 0 Å². The van der Waals surface area contributed by atoms with Gasteiger partial charge in [0, 0.05) is 11.8 Å². The van der Waals surface area contributed by atoms with Crippen LogP contribution in [0, 0.1) is 0 Å². The van der Waals surface area contributed by atoms with Crippen LogP contribution in [0.2, 0.25) is 0 Å². The van der Waals surface area contributed by atoms with Gasteiger partial charge in [0.05, 0.1) is 11.1 Å². The Hall–Kier alpha value is -2.68. The lowest BCUT2D eigenvalue weighted by Crippen LogP contribution is -2.22. The highest BCUT2D eigenvalue weighted by molar-refractivity contribution is 5.94. The Labute approximate surface area is 125 Å². The minimum Gasteiger partial charge on any atom is -0.478 e. The number of carboxylic acid groups (broad SMARTS) is 1. The molecule has 1 aliphatic rings. The van der Waals surface area contributed by atoms with E-state index in [9.17, 15) is 14.7 Å². The number of benzene rings is 1. The van der Waals surface area contributed by atoms with Crippen LogP contribution in [0.15, 0.2) is 34.8 Å². The number of hydrogen-bond donors (Lipinski definition) is 2. The molecule has 2 N–H and O–H groups in total. The third-order valence-corrected chi connectivity index (χ3v) is 2.99. The number of esters is 1. The topological polar surface area (TPSA) is 121 Å². The molecule has 1 aliphatic heterocycles. The van der Waals surface area contributed by atoms with Crippen LogP contribution in [0.1, 0.15) is 33.6 Å². The molecule has 0 saturated carbocycles. The zero-order chi connectivity index (χ0) is 15.9. The largest absolute Gasteiger partial charge is 0.478 e. The van der Waals surface area contributed by atoms with Crippen molar-refractivity contribution in [3.05, 3.63) is 35.4 Å². The van der Waals surface area contributed by atoms with E-state index in [-0.39, 0.29) is 11.1 Å². The van der Waals surface area contributed by atoms with Crippen molar-refractivity contribution in [3.8, 4) is 0 Å². The molecule has 1 heterocycles. The fourth-order valence-electron chi connectivity index (χ4n) is 1.88. The molecule has 1 atom stereocenters. The molecule has 0 aromatic heterocycles. The average Bonchev–Trinajstić information content (AvgIpc) is 2.92. The molecule has 1 fully saturated rings. The van der Waals surface area contributed by atoms with E-state index in [0.717, 1.165) is 6.42 Å². The van der Waals surface area contributed by atoms with Gasteiger partial charge in [-0.3, -0.25) is 0 Å². The van der Waals surface area contributed by atoms with Gasteiger partial charge in [-0.15, -0.1) is 0 Å². The second-order valence-corrected chi connectivity index (χ2v) is 4.52. The Morgan fingerprint density at radius 1 is 1.36 bits per heavy atom. The number of carboxylic acids is 1. The van der Waals surface area contributed by atoms with Crippen molar-refractivity contribution in [2.45, 2.75) is 19.1 Å². The highest BCUT2D eigenvalue weighted by atomic mass is 16.8. The molecule has 118 valence electrons. The third kappa shape index (κ3) is 4.16. The molecule has 0 radical (unpaired) electrons. The summed E-state index contributed by atoms with van der Waals surface area (Å²) in [4.78, 5) is 27.1. The number of aliphatic hydroxyl groups is 1. The summed E-state index contributed by atoms with van der Waals surface area (Å²) in [7, 11) is 0. The molecular formula is C13H15N3O6. The van der Waals surface area contributed by atoms with E-state index in [1.54, 1.807) is 0 Å². The first-order valence-electron chi connectivity index (χ1n) is 6.56. The number of carbonyl (C=O) groups is 2. The zero-order valence-corrected chi connectivity index (χ0v) is 11.6. The molecule has 0 bridgehead atoms. The van der Waals surface area contributed by atoms with Gasteiger partial charge in [0.25, 0.3) is 6.79 Å². The van der Waals surface area contributed by atoms with E-state index >= 15 is 0 Å². The van der Waals surface area contributed by atoms with Crippen molar-refractivity contribution in [2.75, 3.05) is 13.3 Å². The lowest BCUT2D eigenvalue weighted by atomic mass is 10.1. The van der Waals surface area contributed by atoms with Crippen molar-refractivity contribution in [2.24, 2.45) is 10.5 Å². The Balaban J connectivity index is 1.77. The molecular weight excluding hydrogens is 294 g/mol. The molecule has 1 aromatic rings. The number of ether oxygens (including phenoxy) is 1. The van der Waals surface area contributed by atoms with Crippen LogP contribution in [0.4, 0.5) is 0 Å². The summed E-state index contributed by atoms with van der Waals surface area (Å²) in [6.07, 6.45) is 0.761. The first kappa shape index (κ1) is 15.7. The first-order valence-corrected chi connectivity index (χ1v) is 6.56. The summed E-state index contributed by atoms with van der Waals surface area (Å²) in [6, 6.07) is 5.43. The fourth-order valence-corrected chi connectivity index (χ4v) is 1.88. The SMILES string of the molecule is O=C(O)c1cccc(C(=O)OCON=NN2CCCC2O)c1. The van der Waals surface area contributed by atoms with Crippen LogP contribution in [-0.4, -0.2) is 46.7 Å². The predicted molar refractivity (Wildman–Crippen MR) is 71.6 cm³/mol. The number of aromatic carboxylic acids is 1. The summed E-state index contributed by atoms with van der Waals surface area (Å²) < 4.78 is 4.77. The summed E-state index contributed by atoms with van der Waals surface area (Å²) in [5, 5.41) is 26.6. The molecule has 9 heteroatoms. The maximum absolute atomic E-state index is 11.7. The number of nitrogens with zero attached hydrogens (tertiary/aromatic N) is 3. The second-order valence-electron chi connectivity index (χ2n) is 4.52. The van der Waals surface area contributed by atoms with Crippen LogP contribution in [0.5, 0.6) is 0 Å². The Bertz CT molecular complexity index is 577. The highest BCUT2D eigenvalue weighted by Crippen LogP contribution is 2.14. The summed E-state index contributed by atoms with van der Waals surface area (Å²) in [5.74, 6) is -1.87. The lowest BCUT2D eigenvalue weighted by molar-refractivity contribution is -0.0518. The maximum atomic E-state index is 11.7. The minimum atomic E-state index is -1.14. The Kier molecular flexibility index (Phi) is 5.26. The van der Waals surface area contributed by atoms with Gasteiger partial charge >= 0.3 is 11.9 Å². The molecule has 9 nitrogen and oxygen atoms in total. The smallest absolute Gasteiger partial charge is 0.341 e. The first-order chi connectivity index (χ1) is 10.6. The quantitative estimate of drug-likeness (QED) is 0.266. The van der Waals surface area contributed by atoms with E-state index < -0.39 is 25.0 Å². The number of rotatable bonds is 6. The van der Waals surface area contributed by atoms with Crippen LogP contribution in [0.3, 0.4) is 0 Å². The number of hydrogen-bond acceptors (Lipinski definition) is 7. The number of carbonyl (C=O) groups excluding carboxylic acids is 1. The fraction of sp³-hybridized carbons (Fsp3) is 0.385. The van der Waals surface area contributed by atoms with Gasteiger partial charge in [0.2, 0.25) is 0 Å². The molecule has 1 aromatic carbocycles. The van der Waals surface area contributed by atoms with Gasteiger partial charge in [0.15, 0.2) is 0 Å². The summed E-state index contributed by atoms with van der Waals surface area (Å²) in [5.41, 5.74) is 0.0773. The standard InChI is InChI=1S/C13H15N3O6/c17-11-5-2-6-16(11)14-15-22-8-21-13(20)10-4-1-3-9(7-10)12(18)19/h1,3-4,7,11,17H,2,5-6,8H2,(H,18,19). The average molecular weight is 309 g/mol. The highest BCUT2D eigenvalue weighted by Gasteiger charge is 2.20. The van der Waals surface area contributed by atoms with Crippen LogP contribution >= 0.6 is 0 Å². The molecule has 22 heavy (non-hydrogen) atoms. The van der Waals surface area contributed by atoms with E-state index in [2.05, 4.69) is 15.3 Å². The maximum Gasteiger partial charge on any atom is 0.341 e. The normalized spacial score (nSPS) is 17.7. The van der Waals surface area contributed by atoms with Crippen LogP contribution in [0.25, 0.3) is 0 Å². The van der Waals surface area contributed by atoms with Crippen LogP contribution < -0.4 is 0 Å². The van der Waals surface area contributed by atoms with Gasteiger partial charge in [-0.2, -0.15) is 0 Å². The lowest BCUT2D eigenvalue weighted by Gasteiger charge is -2.12. The van der Waals surface area contributed by atoms with E-state index in [0.29, 0.717) is 13.0 Å². The monoisotopic (exact) mass is 309 g/mol. The summed E-state index contributed by atoms with van der Waals surface area (Å²) in [6.45, 7) is 0.110. The zero-order valence-electron chi connectivity index (χ0n) is 11.6. The molecule has 0 spiro atoms. The molecule has 0 aliphatic carbocycles. The van der Waals surface area contributed by atoms with Gasteiger partial charge in [0.1, 0.15) is 6.23 Å². The molecule has 1 unspecified atom stereocenters. The predicted octanol–water partition coefficient (Wildman–Crippen LogP) is 1.21. The van der Waals surface area contributed by atoms with Crippen molar-refractivity contribution < 1.29 is 29.4 Å². The van der Waals surface area contributed by atoms with Crippen molar-refractivity contribution in [1.82, 2.24) is 5.01 Å². The summed E-state index contributed by atoms with van der Waals surface area (Å²) >= 11 is 0. The molecule has 0 amide bonds. The van der Waals surface area contributed by atoms with Crippen molar-refractivity contribution in [1.29, 1.82) is 0 Å². The van der Waals surface area contributed by atoms with Crippen molar-refractivity contribution in [3.63, 3.8) is 0 Å². The van der Waals surface area contributed by atoms with Crippen molar-refractivity contribution >= 4 is 11.9 Å². The van der Waals surface area contributed by atoms with Gasteiger partial charge in [-0.1, -0.05) is 6.07 Å². The van der Waals surface area contributed by atoms with Gasteiger partial charge < -0.3 is 19.8 Å². The van der Waals surface area contributed by atoms with E-state index in [4.69, 9.17) is 9.84 Å². The minimum absolute atomic E-state index is 0.0157. The second kappa shape index (κ2) is 7.36. The number of aliphatic hydroxyl groups excluding tert-OH is 1.